The molecule has 6 heteroatoms. The summed E-state index contributed by atoms with van der Waals surface area (Å²) in [4.78, 5) is 13.2. The van der Waals surface area contributed by atoms with Gasteiger partial charge >= 0.3 is 5.97 Å². The molecule has 0 bridgehead atoms. The highest BCUT2D eigenvalue weighted by atomic mass is 32.2. The zero-order valence-electron chi connectivity index (χ0n) is 18.2. The van der Waals surface area contributed by atoms with E-state index in [1.54, 1.807) is 0 Å². The number of allylic oxidation sites excluding steroid dienone is 2. The smallest absolute Gasteiger partial charge is 0.310 e. The van der Waals surface area contributed by atoms with Crippen LogP contribution in [0, 0.1) is 28.6 Å². The lowest BCUT2D eigenvalue weighted by molar-refractivity contribution is -0.144. The maximum atomic E-state index is 13.2. The summed E-state index contributed by atoms with van der Waals surface area (Å²) in [7, 11) is -1.83. The first-order valence-corrected chi connectivity index (χ1v) is 15.9. The fraction of sp³-hybridized carbons (Fsp3) is 0.864. The van der Waals surface area contributed by atoms with Crippen molar-refractivity contribution >= 4 is 37.8 Å². The molecule has 28 heavy (non-hydrogen) atoms. The van der Waals surface area contributed by atoms with Crippen LogP contribution in [0.4, 0.5) is 0 Å². The molecule has 0 aromatic heterocycles. The van der Waals surface area contributed by atoms with Gasteiger partial charge in [0.05, 0.1) is 22.0 Å². The third-order valence-electron chi connectivity index (χ3n) is 8.08. The molecular formula is C22H36O3S2Si. The van der Waals surface area contributed by atoms with Crippen LogP contribution in [0.2, 0.25) is 18.6 Å². The van der Waals surface area contributed by atoms with Crippen molar-refractivity contribution in [3.05, 3.63) is 12.2 Å². The minimum Gasteiger partial charge on any atom is -0.465 e. The van der Waals surface area contributed by atoms with E-state index in [4.69, 9.17) is 9.16 Å². The average molecular weight is 441 g/mol. The Hall–Kier alpha value is 0.0869. The highest BCUT2D eigenvalue weighted by molar-refractivity contribution is 8.20. The molecule has 1 spiro atoms. The Kier molecular flexibility index (Phi) is 5.60. The summed E-state index contributed by atoms with van der Waals surface area (Å²) in [5.41, 5.74) is 0.540. The highest BCUT2D eigenvalue weighted by Gasteiger charge is 2.68. The molecule has 0 radical (unpaired) electrons. The van der Waals surface area contributed by atoms with E-state index in [0.717, 1.165) is 12.8 Å². The molecule has 3 nitrogen and oxygen atoms in total. The summed E-state index contributed by atoms with van der Waals surface area (Å²) in [6.45, 7) is 14.6. The Morgan fingerprint density at radius 2 is 1.89 bits per heavy atom. The van der Waals surface area contributed by atoms with Crippen LogP contribution in [0.15, 0.2) is 12.2 Å². The van der Waals surface area contributed by atoms with Gasteiger partial charge in [-0.2, -0.15) is 0 Å². The van der Waals surface area contributed by atoms with E-state index in [-0.39, 0.29) is 34.7 Å². The normalized spacial score (nSPS) is 40.5. The number of carbonyl (C=O) groups excluding carboxylic acids is 1. The van der Waals surface area contributed by atoms with Crippen molar-refractivity contribution in [3.63, 3.8) is 0 Å². The Morgan fingerprint density at radius 3 is 2.54 bits per heavy atom. The number of hydrogen-bond acceptors (Lipinski definition) is 5. The Labute approximate surface area is 180 Å². The number of carbonyl (C=O) groups is 1. The van der Waals surface area contributed by atoms with E-state index in [2.05, 4.69) is 52.9 Å². The predicted molar refractivity (Wildman–Crippen MR) is 122 cm³/mol. The van der Waals surface area contributed by atoms with Crippen LogP contribution in [-0.2, 0) is 14.0 Å². The van der Waals surface area contributed by atoms with Gasteiger partial charge < -0.3 is 9.16 Å². The summed E-state index contributed by atoms with van der Waals surface area (Å²) < 4.78 is 13.4. The van der Waals surface area contributed by atoms with Gasteiger partial charge in [0.1, 0.15) is 6.61 Å². The first kappa shape index (κ1) is 21.3. The zero-order chi connectivity index (χ0) is 20.3. The van der Waals surface area contributed by atoms with Crippen molar-refractivity contribution in [2.45, 2.75) is 69.9 Å². The van der Waals surface area contributed by atoms with E-state index in [9.17, 15) is 4.79 Å². The Balaban J connectivity index is 1.77. The quantitative estimate of drug-likeness (QED) is 0.324. The summed E-state index contributed by atoms with van der Waals surface area (Å²) >= 11 is 4.05. The van der Waals surface area contributed by atoms with Crippen LogP contribution in [0.5, 0.6) is 0 Å². The van der Waals surface area contributed by atoms with E-state index in [1.165, 1.54) is 11.5 Å². The van der Waals surface area contributed by atoms with Gasteiger partial charge in [0.2, 0.25) is 0 Å². The molecule has 158 valence electrons. The maximum Gasteiger partial charge on any atom is 0.310 e. The third kappa shape index (κ3) is 3.25. The van der Waals surface area contributed by atoms with E-state index in [0.29, 0.717) is 22.6 Å². The number of thioether (sulfide) groups is 2. The SMILES string of the molecule is CC(C)[Si](C)(C)O[C@H]1CCC(C)(C)C2C=CC(C3SCCS3)C3C(=O)OCC321. The standard InChI is InChI=1S/C22H36O3S2Si/c1-14(2)28(5,6)25-17-9-10-21(3,4)16-8-7-15(20-26-11-12-27-20)18-19(23)24-13-22(16,17)18/h7-8,14-18,20H,9-13H2,1-6H3/t15?,16?,17-,18?,22?/m0/s1. The number of hydrogen-bond donors (Lipinski definition) is 0. The van der Waals surface area contributed by atoms with Gasteiger partial charge in [0, 0.05) is 17.4 Å². The van der Waals surface area contributed by atoms with Crippen LogP contribution in [0.3, 0.4) is 0 Å². The number of ether oxygens (including phenoxy) is 1. The molecule has 0 aromatic carbocycles. The van der Waals surface area contributed by atoms with Gasteiger partial charge in [-0.25, -0.2) is 0 Å². The lowest BCUT2D eigenvalue weighted by atomic mass is 9.48. The van der Waals surface area contributed by atoms with Crippen LogP contribution in [0.25, 0.3) is 0 Å². The lowest BCUT2D eigenvalue weighted by Crippen LogP contribution is -2.61. The van der Waals surface area contributed by atoms with E-state index < -0.39 is 8.32 Å². The van der Waals surface area contributed by atoms with Crippen molar-refractivity contribution in [2.24, 2.45) is 28.6 Å². The van der Waals surface area contributed by atoms with Crippen LogP contribution >= 0.6 is 23.5 Å². The highest BCUT2D eigenvalue weighted by Crippen LogP contribution is 2.64. The minimum absolute atomic E-state index is 0.0303. The largest absolute Gasteiger partial charge is 0.465 e. The fourth-order valence-corrected chi connectivity index (χ4v) is 10.3. The first-order chi connectivity index (χ1) is 13.1. The lowest BCUT2D eigenvalue weighted by Gasteiger charge is -2.58. The third-order valence-corrected chi connectivity index (χ3v) is 15.0. The van der Waals surface area contributed by atoms with Crippen LogP contribution in [-0.4, -0.2) is 43.1 Å². The molecule has 2 heterocycles. The molecule has 0 aromatic rings. The van der Waals surface area contributed by atoms with Gasteiger partial charge in [-0.05, 0) is 42.8 Å². The zero-order valence-corrected chi connectivity index (χ0v) is 20.8. The topological polar surface area (TPSA) is 35.5 Å². The van der Waals surface area contributed by atoms with Gasteiger partial charge in [0.15, 0.2) is 8.32 Å². The van der Waals surface area contributed by atoms with Crippen molar-refractivity contribution in [3.8, 4) is 0 Å². The molecule has 4 rings (SSSR count). The molecule has 0 N–H and O–H groups in total. The van der Waals surface area contributed by atoms with Crippen molar-refractivity contribution in [1.82, 2.24) is 0 Å². The number of rotatable bonds is 4. The van der Waals surface area contributed by atoms with Gasteiger partial charge in [-0.1, -0.05) is 39.8 Å². The van der Waals surface area contributed by atoms with E-state index >= 15 is 0 Å². The molecule has 2 aliphatic heterocycles. The molecule has 1 saturated carbocycles. The van der Waals surface area contributed by atoms with Crippen molar-refractivity contribution < 1.29 is 14.0 Å². The second-order valence-electron chi connectivity index (χ2n) is 10.6. The Bertz CT molecular complexity index is 656. The maximum absolute atomic E-state index is 13.2. The summed E-state index contributed by atoms with van der Waals surface area (Å²) in [6.07, 6.45) is 7.17. The van der Waals surface area contributed by atoms with Gasteiger partial charge in [0.25, 0.3) is 0 Å². The van der Waals surface area contributed by atoms with Gasteiger partial charge in [-0.15, -0.1) is 23.5 Å². The second kappa shape index (κ2) is 7.35. The van der Waals surface area contributed by atoms with Crippen LogP contribution in [0.1, 0.15) is 40.5 Å². The molecule has 4 aliphatic rings. The molecule has 0 amide bonds. The second-order valence-corrected chi connectivity index (χ2v) is 18.0. The summed E-state index contributed by atoms with van der Waals surface area (Å²) in [5, 5.41) is 0. The molecule has 2 saturated heterocycles. The number of cyclic esters (lactones) is 1. The number of esters is 1. The van der Waals surface area contributed by atoms with Gasteiger partial charge in [-0.3, -0.25) is 4.79 Å². The monoisotopic (exact) mass is 440 g/mol. The van der Waals surface area contributed by atoms with Crippen LogP contribution < -0.4 is 0 Å². The minimum atomic E-state index is -1.83. The fourth-order valence-electron chi connectivity index (χ4n) is 5.85. The van der Waals surface area contributed by atoms with Crippen molar-refractivity contribution in [2.75, 3.05) is 18.1 Å². The molecular weight excluding hydrogens is 404 g/mol. The molecule has 2 aliphatic carbocycles. The van der Waals surface area contributed by atoms with E-state index in [1.807, 2.05) is 23.5 Å². The molecule has 5 atom stereocenters. The molecule has 4 unspecified atom stereocenters. The molecule has 3 fully saturated rings. The van der Waals surface area contributed by atoms with Crippen molar-refractivity contribution in [1.29, 1.82) is 0 Å². The summed E-state index contributed by atoms with van der Waals surface area (Å²) in [5.74, 6) is 2.98. The summed E-state index contributed by atoms with van der Waals surface area (Å²) in [6, 6.07) is 0. The average Bonchev–Trinajstić information content (AvgIpc) is 3.26. The first-order valence-electron chi connectivity index (χ1n) is 10.9. The predicted octanol–water partition coefficient (Wildman–Crippen LogP) is 5.57. The Morgan fingerprint density at radius 1 is 1.21 bits per heavy atom.